The zero-order valence-corrected chi connectivity index (χ0v) is 16.7. The highest BCUT2D eigenvalue weighted by atomic mass is 19.1. The van der Waals surface area contributed by atoms with Gasteiger partial charge in [0.1, 0.15) is 17.7 Å². The Balaban J connectivity index is 1.71. The zero-order valence-electron chi connectivity index (χ0n) is 16.7. The molecule has 1 amide bonds. The average Bonchev–Trinajstić information content (AvgIpc) is 3.17. The number of hydrogen-bond acceptors (Lipinski definition) is 5. The van der Waals surface area contributed by atoms with Crippen molar-refractivity contribution in [3.05, 3.63) is 77.5 Å². The van der Waals surface area contributed by atoms with Gasteiger partial charge in [0.2, 0.25) is 5.91 Å². The number of amides is 1. The van der Waals surface area contributed by atoms with E-state index in [0.717, 1.165) is 23.0 Å². The number of para-hydroxylation sites is 1. The molecule has 0 aliphatic rings. The number of carbonyl (C=O) groups excluding carboxylic acids is 1. The highest BCUT2D eigenvalue weighted by molar-refractivity contribution is 6.02. The third kappa shape index (κ3) is 4.03. The molecule has 2 aromatic heterocycles. The van der Waals surface area contributed by atoms with Crippen molar-refractivity contribution in [1.29, 1.82) is 0 Å². The predicted octanol–water partition coefficient (Wildman–Crippen LogP) is 3.65. The molecule has 0 radical (unpaired) electrons. The van der Waals surface area contributed by atoms with Gasteiger partial charge >= 0.3 is 0 Å². The topological polar surface area (TPSA) is 85.6 Å². The number of halogens is 1. The van der Waals surface area contributed by atoms with Crippen LogP contribution < -0.4 is 5.32 Å². The van der Waals surface area contributed by atoms with Gasteiger partial charge < -0.3 is 5.32 Å². The normalized spacial score (nSPS) is 12.1. The molecule has 0 bridgehead atoms. The number of fused-ring (bicyclic) bond motifs is 1. The summed E-state index contributed by atoms with van der Waals surface area (Å²) in [6.45, 7) is 3.74. The largest absolute Gasteiger partial charge is 0.324 e. The van der Waals surface area contributed by atoms with Crippen LogP contribution in [-0.4, -0.2) is 31.1 Å². The first-order valence-electron chi connectivity index (χ1n) is 9.73. The average molecular weight is 404 g/mol. The van der Waals surface area contributed by atoms with Crippen LogP contribution in [0.15, 0.2) is 54.6 Å². The summed E-state index contributed by atoms with van der Waals surface area (Å²) in [7, 11) is 0. The molecule has 4 rings (SSSR count). The van der Waals surface area contributed by atoms with Gasteiger partial charge in [-0.1, -0.05) is 37.3 Å². The van der Waals surface area contributed by atoms with Crippen molar-refractivity contribution in [2.75, 3.05) is 5.32 Å². The Morgan fingerprint density at radius 2 is 2.00 bits per heavy atom. The lowest BCUT2D eigenvalue weighted by atomic mass is 10.0. The zero-order chi connectivity index (χ0) is 21.1. The van der Waals surface area contributed by atoms with Crippen LogP contribution in [0.1, 0.15) is 30.0 Å². The minimum absolute atomic E-state index is 0.249. The van der Waals surface area contributed by atoms with Gasteiger partial charge in [0.25, 0.3) is 0 Å². The molecule has 1 N–H and O–H groups in total. The van der Waals surface area contributed by atoms with Gasteiger partial charge in [-0.15, -0.1) is 5.10 Å². The summed E-state index contributed by atoms with van der Waals surface area (Å²) in [5.41, 5.74) is 3.05. The predicted molar refractivity (Wildman–Crippen MR) is 111 cm³/mol. The number of benzene rings is 2. The molecule has 2 aromatic carbocycles. The van der Waals surface area contributed by atoms with E-state index in [-0.39, 0.29) is 18.1 Å². The van der Waals surface area contributed by atoms with E-state index in [1.165, 1.54) is 16.8 Å². The Hall–Kier alpha value is -3.68. The number of nitrogens with one attached hydrogen (secondary N) is 1. The quantitative estimate of drug-likeness (QED) is 0.530. The Kier molecular flexibility index (Phi) is 5.47. The summed E-state index contributed by atoms with van der Waals surface area (Å²) < 4.78 is 15.2. The Labute approximate surface area is 172 Å². The van der Waals surface area contributed by atoms with Crippen molar-refractivity contribution in [2.24, 2.45) is 0 Å². The molecule has 1 unspecified atom stereocenters. The van der Waals surface area contributed by atoms with Crippen molar-refractivity contribution in [1.82, 2.24) is 25.2 Å². The summed E-state index contributed by atoms with van der Waals surface area (Å²) in [4.78, 5) is 18.0. The number of aromatic nitrogens is 5. The van der Waals surface area contributed by atoms with Gasteiger partial charge in [0, 0.05) is 17.5 Å². The van der Waals surface area contributed by atoms with Crippen molar-refractivity contribution in [2.45, 2.75) is 32.7 Å². The number of anilines is 1. The molecule has 0 saturated heterocycles. The molecule has 2 heterocycles. The first-order valence-corrected chi connectivity index (χ1v) is 9.73. The van der Waals surface area contributed by atoms with E-state index in [4.69, 9.17) is 0 Å². The van der Waals surface area contributed by atoms with Gasteiger partial charge in [0.05, 0.1) is 11.2 Å². The fourth-order valence-corrected chi connectivity index (χ4v) is 3.43. The third-order valence-electron chi connectivity index (χ3n) is 4.96. The molecule has 0 fully saturated rings. The number of pyridine rings is 1. The van der Waals surface area contributed by atoms with E-state index in [1.807, 2.05) is 37.3 Å². The van der Waals surface area contributed by atoms with E-state index in [1.54, 1.807) is 19.1 Å². The SMILES string of the molecule is CCc1cc(NC(=O)C(Cc2cccc(F)c2)n2nnnc2C)c2ccccc2n1. The second-order valence-electron chi connectivity index (χ2n) is 7.04. The maximum absolute atomic E-state index is 13.7. The number of tetrazole rings is 1. The molecular weight excluding hydrogens is 383 g/mol. The summed E-state index contributed by atoms with van der Waals surface area (Å²) in [5.74, 6) is -0.138. The lowest BCUT2D eigenvalue weighted by Crippen LogP contribution is -2.29. The molecule has 8 heteroatoms. The van der Waals surface area contributed by atoms with Gasteiger partial charge in [0.15, 0.2) is 0 Å². The van der Waals surface area contributed by atoms with Gasteiger partial charge in [-0.3, -0.25) is 9.78 Å². The Morgan fingerprint density at radius 3 is 2.73 bits per heavy atom. The number of nitrogens with zero attached hydrogens (tertiary/aromatic N) is 5. The van der Waals surface area contributed by atoms with E-state index in [0.29, 0.717) is 17.1 Å². The molecule has 30 heavy (non-hydrogen) atoms. The smallest absolute Gasteiger partial charge is 0.249 e. The minimum atomic E-state index is -0.737. The van der Waals surface area contributed by atoms with Crippen LogP contribution in [0.3, 0.4) is 0 Å². The molecule has 0 aliphatic carbocycles. The fraction of sp³-hybridized carbons (Fsp3) is 0.227. The van der Waals surface area contributed by atoms with Crippen LogP contribution in [0.4, 0.5) is 10.1 Å². The summed E-state index contributed by atoms with van der Waals surface area (Å²) >= 11 is 0. The minimum Gasteiger partial charge on any atom is -0.324 e. The standard InChI is InChI=1S/C22H21FN6O/c1-3-17-13-20(18-9-4-5-10-19(18)24-17)25-22(30)21(29-14(2)26-27-28-29)12-15-7-6-8-16(23)11-15/h4-11,13,21H,3,12H2,1-2H3,(H,24,25,30). The molecule has 0 spiro atoms. The van der Waals surface area contributed by atoms with Crippen molar-refractivity contribution >= 4 is 22.5 Å². The first-order chi connectivity index (χ1) is 14.5. The lowest BCUT2D eigenvalue weighted by Gasteiger charge is -2.19. The van der Waals surface area contributed by atoms with Crippen LogP contribution in [0, 0.1) is 12.7 Å². The molecular formula is C22H21FN6O. The Bertz CT molecular complexity index is 1210. The lowest BCUT2D eigenvalue weighted by molar-refractivity contribution is -0.119. The van der Waals surface area contributed by atoms with Crippen LogP contribution in [0.25, 0.3) is 10.9 Å². The van der Waals surface area contributed by atoms with Crippen LogP contribution in [0.5, 0.6) is 0 Å². The van der Waals surface area contributed by atoms with Gasteiger partial charge in [-0.25, -0.2) is 9.07 Å². The summed E-state index contributed by atoms with van der Waals surface area (Å²) in [6, 6.07) is 15.0. The van der Waals surface area contributed by atoms with Crippen molar-refractivity contribution in [3.63, 3.8) is 0 Å². The second-order valence-corrected chi connectivity index (χ2v) is 7.04. The summed E-state index contributed by atoms with van der Waals surface area (Å²) in [6.07, 6.45) is 0.992. The van der Waals surface area contributed by atoms with Crippen molar-refractivity contribution < 1.29 is 9.18 Å². The van der Waals surface area contributed by atoms with Gasteiger partial charge in [-0.05, 0) is 53.6 Å². The highest BCUT2D eigenvalue weighted by Crippen LogP contribution is 2.25. The van der Waals surface area contributed by atoms with Gasteiger partial charge in [-0.2, -0.15) is 0 Å². The summed E-state index contributed by atoms with van der Waals surface area (Å²) in [5, 5.41) is 15.4. The second kappa shape index (κ2) is 8.36. The van der Waals surface area contributed by atoms with E-state index in [9.17, 15) is 9.18 Å². The monoisotopic (exact) mass is 404 g/mol. The van der Waals surface area contributed by atoms with E-state index >= 15 is 0 Å². The maximum Gasteiger partial charge on any atom is 0.249 e. The van der Waals surface area contributed by atoms with E-state index < -0.39 is 6.04 Å². The van der Waals surface area contributed by atoms with Crippen molar-refractivity contribution in [3.8, 4) is 0 Å². The number of aryl methyl sites for hydroxylation is 2. The molecule has 1 atom stereocenters. The fourth-order valence-electron chi connectivity index (χ4n) is 3.43. The number of rotatable bonds is 6. The molecule has 4 aromatic rings. The van der Waals surface area contributed by atoms with Crippen LogP contribution in [-0.2, 0) is 17.6 Å². The van der Waals surface area contributed by atoms with E-state index in [2.05, 4.69) is 25.8 Å². The molecule has 152 valence electrons. The van der Waals surface area contributed by atoms with Crippen LogP contribution in [0.2, 0.25) is 0 Å². The third-order valence-corrected chi connectivity index (χ3v) is 4.96. The number of hydrogen-bond donors (Lipinski definition) is 1. The maximum atomic E-state index is 13.7. The van der Waals surface area contributed by atoms with Crippen LogP contribution >= 0.6 is 0 Å². The first kappa shape index (κ1) is 19.6. The number of carbonyl (C=O) groups is 1. The highest BCUT2D eigenvalue weighted by Gasteiger charge is 2.25. The molecule has 7 nitrogen and oxygen atoms in total. The Morgan fingerprint density at radius 1 is 1.17 bits per heavy atom. The molecule has 0 saturated carbocycles. The molecule has 0 aliphatic heterocycles.